The van der Waals surface area contributed by atoms with Crippen molar-refractivity contribution in [3.63, 3.8) is 0 Å². The minimum atomic E-state index is -4.07. The average molecular weight is 481 g/mol. The van der Waals surface area contributed by atoms with Crippen LogP contribution in [0.1, 0.15) is 66.2 Å². The average Bonchev–Trinajstić information content (AvgIpc) is 3.01. The van der Waals surface area contributed by atoms with Crippen LogP contribution < -0.4 is 0 Å². The number of hydrogen-bond acceptors (Lipinski definition) is 5. The molecule has 0 unspecified atom stereocenters. The quantitative estimate of drug-likeness (QED) is 0.373. The Bertz CT molecular complexity index is 1120. The number of sulfonamides is 1. The molecule has 1 heterocycles. The number of rotatable bonds is 10. The summed E-state index contributed by atoms with van der Waals surface area (Å²) in [5.74, 6) is -1.31. The van der Waals surface area contributed by atoms with E-state index in [-0.39, 0.29) is 23.1 Å². The molecule has 0 saturated carbocycles. The lowest BCUT2D eigenvalue weighted by molar-refractivity contribution is 0.0587. The van der Waals surface area contributed by atoms with Gasteiger partial charge < -0.3 is 9.30 Å². The predicted octanol–water partition coefficient (Wildman–Crippen LogP) is 4.36. The van der Waals surface area contributed by atoms with Crippen LogP contribution in [0.3, 0.4) is 0 Å². The zero-order valence-corrected chi connectivity index (χ0v) is 21.1. The molecule has 0 fully saturated rings. The van der Waals surface area contributed by atoms with E-state index in [1.165, 1.54) is 23.5 Å². The lowest BCUT2D eigenvalue weighted by atomic mass is 10.0. The molecular weight excluding hydrogens is 447 g/mol. The van der Waals surface area contributed by atoms with Gasteiger partial charge in [-0.3, -0.25) is 4.79 Å². The van der Waals surface area contributed by atoms with E-state index in [0.717, 1.165) is 12.1 Å². The van der Waals surface area contributed by atoms with Crippen LogP contribution in [0.5, 0.6) is 0 Å². The highest BCUT2D eigenvalue weighted by Crippen LogP contribution is 2.28. The molecule has 1 atom stereocenters. The Morgan fingerprint density at radius 2 is 1.70 bits per heavy atom. The molecule has 0 saturated heterocycles. The van der Waals surface area contributed by atoms with Crippen LogP contribution in [-0.4, -0.2) is 48.7 Å². The Kier molecular flexibility index (Phi) is 8.59. The first kappa shape index (κ1) is 26.7. The standard InChI is InChI=1S/C24H33FN2O5S/c1-8-26-17(5)21(16(4)22(26)24(29)32-7)23(28)18(6)27(14-13-15(2)3)33(30,31)20-11-9-19(25)10-12-20/h9-12,15,18H,8,13-14H2,1-7H3/t18-/m0/s1. The molecule has 0 bridgehead atoms. The van der Waals surface area contributed by atoms with Gasteiger partial charge in [-0.05, 0) is 69.9 Å². The highest BCUT2D eigenvalue weighted by Gasteiger charge is 2.36. The number of benzene rings is 1. The number of ketones is 1. The molecule has 0 aliphatic carbocycles. The third-order valence-corrected chi connectivity index (χ3v) is 7.85. The molecule has 9 heteroatoms. The van der Waals surface area contributed by atoms with E-state index in [2.05, 4.69) is 0 Å². The van der Waals surface area contributed by atoms with Crippen molar-refractivity contribution >= 4 is 21.8 Å². The van der Waals surface area contributed by atoms with Crippen molar-refractivity contribution < 1.29 is 27.1 Å². The number of ether oxygens (including phenoxy) is 1. The van der Waals surface area contributed by atoms with E-state index in [1.807, 2.05) is 20.8 Å². The van der Waals surface area contributed by atoms with Gasteiger partial charge in [-0.25, -0.2) is 17.6 Å². The topological polar surface area (TPSA) is 85.7 Å². The second kappa shape index (κ2) is 10.6. The van der Waals surface area contributed by atoms with E-state index < -0.39 is 33.6 Å². The second-order valence-electron chi connectivity index (χ2n) is 8.46. The van der Waals surface area contributed by atoms with Gasteiger partial charge in [-0.15, -0.1) is 0 Å². The fraction of sp³-hybridized carbons (Fsp3) is 0.500. The third-order valence-electron chi connectivity index (χ3n) is 5.87. The Balaban J connectivity index is 2.58. The van der Waals surface area contributed by atoms with Crippen molar-refractivity contribution in [1.82, 2.24) is 8.87 Å². The summed E-state index contributed by atoms with van der Waals surface area (Å²) in [7, 11) is -2.80. The number of methoxy groups -OCH3 is 1. The van der Waals surface area contributed by atoms with E-state index in [4.69, 9.17) is 4.74 Å². The van der Waals surface area contributed by atoms with Crippen molar-refractivity contribution in [2.45, 2.75) is 65.4 Å². The van der Waals surface area contributed by atoms with Gasteiger partial charge >= 0.3 is 5.97 Å². The number of halogens is 1. The monoisotopic (exact) mass is 480 g/mol. The highest BCUT2D eigenvalue weighted by molar-refractivity contribution is 7.89. The van der Waals surface area contributed by atoms with Gasteiger partial charge in [0.05, 0.1) is 18.0 Å². The fourth-order valence-electron chi connectivity index (χ4n) is 4.00. The van der Waals surface area contributed by atoms with Crippen molar-refractivity contribution in [3.8, 4) is 0 Å². The number of carbonyl (C=O) groups excluding carboxylic acids is 2. The van der Waals surface area contributed by atoms with Gasteiger partial charge in [0.25, 0.3) is 0 Å². The SMILES string of the molecule is CCn1c(C)c(C(=O)[C@H](C)N(CCC(C)C)S(=O)(=O)c2ccc(F)cc2)c(C)c1C(=O)OC. The number of nitrogens with zero attached hydrogens (tertiary/aromatic N) is 2. The summed E-state index contributed by atoms with van der Waals surface area (Å²) < 4.78 is 48.1. The summed E-state index contributed by atoms with van der Waals surface area (Å²) in [5.41, 5.74) is 1.63. The van der Waals surface area contributed by atoms with Gasteiger partial charge in [0.2, 0.25) is 10.0 Å². The Morgan fingerprint density at radius 3 is 2.18 bits per heavy atom. The van der Waals surface area contributed by atoms with Gasteiger partial charge in [0, 0.05) is 24.3 Å². The molecule has 7 nitrogen and oxygen atoms in total. The van der Waals surface area contributed by atoms with Crippen LogP contribution in [0.2, 0.25) is 0 Å². The zero-order chi connectivity index (χ0) is 25.1. The van der Waals surface area contributed by atoms with Crippen LogP contribution in [0.25, 0.3) is 0 Å². The van der Waals surface area contributed by atoms with Crippen molar-refractivity contribution in [3.05, 3.63) is 52.6 Å². The van der Waals surface area contributed by atoms with Gasteiger partial charge in [0.1, 0.15) is 11.5 Å². The minimum absolute atomic E-state index is 0.0814. The molecule has 2 rings (SSSR count). The summed E-state index contributed by atoms with van der Waals surface area (Å²) in [6.07, 6.45) is 0.541. The maximum absolute atomic E-state index is 13.7. The van der Waals surface area contributed by atoms with Crippen LogP contribution in [0.15, 0.2) is 29.2 Å². The number of esters is 1. The maximum Gasteiger partial charge on any atom is 0.354 e. The van der Waals surface area contributed by atoms with Crippen molar-refractivity contribution in [2.75, 3.05) is 13.7 Å². The Morgan fingerprint density at radius 1 is 1.12 bits per heavy atom. The molecule has 1 aromatic heterocycles. The lowest BCUT2D eigenvalue weighted by Gasteiger charge is -2.28. The fourth-order valence-corrected chi connectivity index (χ4v) is 5.61. The number of hydrogen-bond donors (Lipinski definition) is 0. The Hall–Kier alpha value is -2.52. The molecule has 0 amide bonds. The first-order valence-electron chi connectivity index (χ1n) is 11.0. The minimum Gasteiger partial charge on any atom is -0.464 e. The van der Waals surface area contributed by atoms with E-state index >= 15 is 0 Å². The van der Waals surface area contributed by atoms with Gasteiger partial charge in [0.15, 0.2) is 5.78 Å². The van der Waals surface area contributed by atoms with Crippen LogP contribution >= 0.6 is 0 Å². The zero-order valence-electron chi connectivity index (χ0n) is 20.3. The maximum atomic E-state index is 13.7. The molecule has 1 aromatic carbocycles. The molecule has 2 aromatic rings. The largest absolute Gasteiger partial charge is 0.464 e. The van der Waals surface area contributed by atoms with E-state index in [9.17, 15) is 22.4 Å². The summed E-state index contributed by atoms with van der Waals surface area (Å²) in [4.78, 5) is 25.9. The van der Waals surface area contributed by atoms with E-state index in [0.29, 0.717) is 29.8 Å². The molecule has 0 N–H and O–H groups in total. The molecule has 0 spiro atoms. The molecule has 33 heavy (non-hydrogen) atoms. The Labute approximate surface area is 195 Å². The van der Waals surface area contributed by atoms with Gasteiger partial charge in [-0.2, -0.15) is 4.31 Å². The first-order chi connectivity index (χ1) is 15.4. The van der Waals surface area contributed by atoms with Crippen molar-refractivity contribution in [2.24, 2.45) is 5.92 Å². The first-order valence-corrected chi connectivity index (χ1v) is 12.4. The third kappa shape index (κ3) is 5.35. The molecular formula is C24H33FN2O5S. The number of aromatic nitrogens is 1. The number of carbonyl (C=O) groups is 2. The van der Waals surface area contributed by atoms with Crippen LogP contribution in [-0.2, 0) is 21.3 Å². The summed E-state index contributed by atoms with van der Waals surface area (Å²) in [5, 5.41) is 0. The van der Waals surface area contributed by atoms with Gasteiger partial charge in [-0.1, -0.05) is 13.8 Å². The van der Waals surface area contributed by atoms with E-state index in [1.54, 1.807) is 25.3 Å². The van der Waals surface area contributed by atoms with Crippen LogP contribution in [0, 0.1) is 25.6 Å². The summed E-state index contributed by atoms with van der Waals surface area (Å²) >= 11 is 0. The molecule has 182 valence electrons. The molecule has 0 aliphatic heterocycles. The molecule has 0 radical (unpaired) electrons. The highest BCUT2D eigenvalue weighted by atomic mass is 32.2. The predicted molar refractivity (Wildman–Crippen MR) is 124 cm³/mol. The molecule has 0 aliphatic rings. The lowest BCUT2D eigenvalue weighted by Crippen LogP contribution is -2.44. The van der Waals surface area contributed by atoms with Crippen molar-refractivity contribution in [1.29, 1.82) is 0 Å². The smallest absolute Gasteiger partial charge is 0.354 e. The summed E-state index contributed by atoms with van der Waals surface area (Å²) in [6.45, 7) is 11.3. The normalized spacial score (nSPS) is 12.9. The number of Topliss-reactive ketones (excluding diaryl/α,β-unsaturated/α-hetero) is 1. The van der Waals surface area contributed by atoms with Crippen LogP contribution in [0.4, 0.5) is 4.39 Å². The summed E-state index contributed by atoms with van der Waals surface area (Å²) in [6, 6.07) is 3.53. The second-order valence-corrected chi connectivity index (χ2v) is 10.4.